The van der Waals surface area contributed by atoms with Crippen LogP contribution in [0.4, 0.5) is 0 Å². The number of benzene rings is 1. The normalized spacial score (nSPS) is 11.3. The molecule has 0 unspecified atom stereocenters. The summed E-state index contributed by atoms with van der Waals surface area (Å²) in [5, 5.41) is 16.7. The lowest BCUT2D eigenvalue weighted by atomic mass is 10.1. The van der Waals surface area contributed by atoms with Gasteiger partial charge in [0, 0.05) is 19.5 Å². The molecule has 0 saturated heterocycles. The van der Waals surface area contributed by atoms with Gasteiger partial charge >= 0.3 is 0 Å². The molecule has 1 aromatic heterocycles. The van der Waals surface area contributed by atoms with Gasteiger partial charge in [-0.25, -0.2) is 0 Å². The van der Waals surface area contributed by atoms with Crippen LogP contribution in [-0.2, 0) is 4.79 Å². The van der Waals surface area contributed by atoms with Crippen molar-refractivity contribution in [1.82, 2.24) is 15.1 Å². The van der Waals surface area contributed by atoms with Gasteiger partial charge < -0.3 is 4.90 Å². The number of nitrogens with one attached hydrogen (secondary N) is 1. The molecule has 1 N–H and O–H groups in total. The van der Waals surface area contributed by atoms with Crippen molar-refractivity contribution < 1.29 is 4.79 Å². The van der Waals surface area contributed by atoms with E-state index in [4.69, 9.17) is 5.26 Å². The van der Waals surface area contributed by atoms with Crippen LogP contribution >= 0.6 is 0 Å². The van der Waals surface area contributed by atoms with Crippen LogP contribution in [-0.4, -0.2) is 35.1 Å². The second-order valence-electron chi connectivity index (χ2n) is 4.09. The van der Waals surface area contributed by atoms with Gasteiger partial charge in [-0.2, -0.15) is 10.4 Å². The average Bonchev–Trinajstić information content (AvgIpc) is 2.82. The molecule has 1 heterocycles. The third kappa shape index (κ3) is 2.23. The van der Waals surface area contributed by atoms with E-state index in [2.05, 4.69) is 10.2 Å². The van der Waals surface area contributed by atoms with Crippen molar-refractivity contribution in [2.45, 2.75) is 0 Å². The zero-order valence-corrected chi connectivity index (χ0v) is 10.1. The Labute approximate surface area is 104 Å². The van der Waals surface area contributed by atoms with Crippen LogP contribution in [0, 0.1) is 11.3 Å². The van der Waals surface area contributed by atoms with Crippen molar-refractivity contribution >= 4 is 22.9 Å². The summed E-state index contributed by atoms with van der Waals surface area (Å²) < 4.78 is 0. The highest BCUT2D eigenvalue weighted by atomic mass is 16.2. The smallest absolute Gasteiger partial charge is 0.264 e. The number of nitriles is 1. The van der Waals surface area contributed by atoms with E-state index in [1.807, 2.05) is 24.3 Å². The fourth-order valence-electron chi connectivity index (χ4n) is 1.60. The number of H-pyrrole nitrogens is 1. The van der Waals surface area contributed by atoms with E-state index < -0.39 is 0 Å². The van der Waals surface area contributed by atoms with Gasteiger partial charge in [0.25, 0.3) is 5.91 Å². The predicted octanol–water partition coefficient (Wildman–Crippen LogP) is 1.56. The fraction of sp³-hybridized carbons (Fsp3) is 0.154. The molecule has 0 saturated carbocycles. The molecule has 0 aliphatic heterocycles. The highest BCUT2D eigenvalue weighted by molar-refractivity contribution is 6.01. The number of aromatic amines is 1. The number of hydrogen-bond donors (Lipinski definition) is 1. The molecule has 0 radical (unpaired) electrons. The number of nitrogens with zero attached hydrogens (tertiary/aromatic N) is 3. The molecule has 0 bridgehead atoms. The van der Waals surface area contributed by atoms with Gasteiger partial charge in [-0.3, -0.25) is 9.89 Å². The van der Waals surface area contributed by atoms with E-state index in [9.17, 15) is 4.79 Å². The molecule has 0 atom stereocenters. The quantitative estimate of drug-likeness (QED) is 0.639. The summed E-state index contributed by atoms with van der Waals surface area (Å²) >= 11 is 0. The lowest BCUT2D eigenvalue weighted by molar-refractivity contribution is -0.124. The Kier molecular flexibility index (Phi) is 3.11. The minimum Gasteiger partial charge on any atom is -0.344 e. The minimum atomic E-state index is -0.301. The maximum absolute atomic E-state index is 11.7. The summed E-state index contributed by atoms with van der Waals surface area (Å²) in [7, 11) is 3.24. The molecule has 5 heteroatoms. The summed E-state index contributed by atoms with van der Waals surface area (Å²) in [6, 6.07) is 7.49. The molecule has 2 aromatic rings. The number of carbonyl (C=O) groups excluding carboxylic acids is 1. The molecule has 90 valence electrons. The number of aromatic nitrogens is 2. The van der Waals surface area contributed by atoms with E-state index in [0.29, 0.717) is 0 Å². The fourth-order valence-corrected chi connectivity index (χ4v) is 1.60. The lowest BCUT2D eigenvalue weighted by Crippen LogP contribution is -2.22. The van der Waals surface area contributed by atoms with Crippen LogP contribution < -0.4 is 0 Å². The van der Waals surface area contributed by atoms with Crippen molar-refractivity contribution in [3.8, 4) is 6.07 Å². The Bertz CT molecular complexity index is 661. The standard InChI is InChI=1S/C13H12N4O/c1-17(2)13(18)10(7-14)5-9-3-4-12-11(6-9)8-15-16-12/h3-6,8H,1-2H3,(H,15,16). The van der Waals surface area contributed by atoms with Crippen LogP contribution in [0.3, 0.4) is 0 Å². The number of rotatable bonds is 2. The third-order valence-electron chi connectivity index (χ3n) is 2.53. The van der Waals surface area contributed by atoms with Gasteiger partial charge in [0.15, 0.2) is 0 Å². The van der Waals surface area contributed by atoms with Crippen LogP contribution in [0.1, 0.15) is 5.56 Å². The SMILES string of the molecule is CN(C)C(=O)C(C#N)=Cc1ccc2[nH]ncc2c1. The van der Waals surface area contributed by atoms with Gasteiger partial charge in [0.1, 0.15) is 11.6 Å². The molecule has 5 nitrogen and oxygen atoms in total. The first kappa shape index (κ1) is 11.9. The summed E-state index contributed by atoms with van der Waals surface area (Å²) in [5.41, 5.74) is 1.84. The molecule has 18 heavy (non-hydrogen) atoms. The Morgan fingerprint density at radius 2 is 2.28 bits per heavy atom. The molecule has 0 aliphatic rings. The summed E-state index contributed by atoms with van der Waals surface area (Å²) in [5.74, 6) is -0.301. The van der Waals surface area contributed by atoms with Crippen molar-refractivity contribution in [3.05, 3.63) is 35.5 Å². The van der Waals surface area contributed by atoms with Crippen molar-refractivity contribution in [2.75, 3.05) is 14.1 Å². The summed E-state index contributed by atoms with van der Waals surface area (Å²) in [6.07, 6.45) is 3.28. The van der Waals surface area contributed by atoms with Crippen LogP contribution in [0.25, 0.3) is 17.0 Å². The van der Waals surface area contributed by atoms with Gasteiger partial charge in [0.05, 0.1) is 11.7 Å². The maximum atomic E-state index is 11.7. The molecule has 1 amide bonds. The average molecular weight is 240 g/mol. The zero-order chi connectivity index (χ0) is 13.1. The van der Waals surface area contributed by atoms with Gasteiger partial charge in [-0.05, 0) is 23.8 Å². The second kappa shape index (κ2) is 4.72. The predicted molar refractivity (Wildman–Crippen MR) is 68.4 cm³/mol. The Morgan fingerprint density at radius 1 is 1.50 bits per heavy atom. The highest BCUT2D eigenvalue weighted by Gasteiger charge is 2.10. The number of carbonyl (C=O) groups is 1. The molecule has 0 aliphatic carbocycles. The van der Waals surface area contributed by atoms with E-state index in [1.54, 1.807) is 26.4 Å². The van der Waals surface area contributed by atoms with E-state index in [1.165, 1.54) is 4.90 Å². The first-order valence-electron chi connectivity index (χ1n) is 5.38. The summed E-state index contributed by atoms with van der Waals surface area (Å²) in [6.45, 7) is 0. The van der Waals surface area contributed by atoms with Gasteiger partial charge in [0.2, 0.25) is 0 Å². The Morgan fingerprint density at radius 3 is 2.94 bits per heavy atom. The zero-order valence-electron chi connectivity index (χ0n) is 10.1. The second-order valence-corrected chi connectivity index (χ2v) is 4.09. The van der Waals surface area contributed by atoms with Gasteiger partial charge in [-0.1, -0.05) is 6.07 Å². The topological polar surface area (TPSA) is 72.8 Å². The molecular weight excluding hydrogens is 228 g/mol. The maximum Gasteiger partial charge on any atom is 0.264 e. The number of likely N-dealkylation sites (N-methyl/N-ethyl adjacent to an activating group) is 1. The largest absolute Gasteiger partial charge is 0.344 e. The Hall–Kier alpha value is -2.61. The van der Waals surface area contributed by atoms with Crippen molar-refractivity contribution in [3.63, 3.8) is 0 Å². The van der Waals surface area contributed by atoms with Crippen molar-refractivity contribution in [2.24, 2.45) is 0 Å². The lowest BCUT2D eigenvalue weighted by Gasteiger charge is -2.08. The molecule has 0 spiro atoms. The molecule has 1 aromatic carbocycles. The first-order chi connectivity index (χ1) is 8.61. The number of fused-ring (bicyclic) bond motifs is 1. The van der Waals surface area contributed by atoms with Crippen molar-refractivity contribution in [1.29, 1.82) is 5.26 Å². The first-order valence-corrected chi connectivity index (χ1v) is 5.38. The number of hydrogen-bond acceptors (Lipinski definition) is 3. The number of amides is 1. The third-order valence-corrected chi connectivity index (χ3v) is 2.53. The van der Waals surface area contributed by atoms with E-state index >= 15 is 0 Å². The highest BCUT2D eigenvalue weighted by Crippen LogP contribution is 2.15. The van der Waals surface area contributed by atoms with E-state index in [-0.39, 0.29) is 11.5 Å². The minimum absolute atomic E-state index is 0.114. The molecular formula is C13H12N4O. The van der Waals surface area contributed by atoms with E-state index in [0.717, 1.165) is 16.5 Å². The monoisotopic (exact) mass is 240 g/mol. The van der Waals surface area contributed by atoms with Crippen LogP contribution in [0.5, 0.6) is 0 Å². The van der Waals surface area contributed by atoms with Crippen LogP contribution in [0.2, 0.25) is 0 Å². The van der Waals surface area contributed by atoms with Crippen LogP contribution in [0.15, 0.2) is 30.0 Å². The molecule has 2 rings (SSSR count). The van der Waals surface area contributed by atoms with Gasteiger partial charge in [-0.15, -0.1) is 0 Å². The summed E-state index contributed by atoms with van der Waals surface area (Å²) in [4.78, 5) is 13.1. The molecule has 0 fully saturated rings. The Balaban J connectivity index is 2.41.